The van der Waals surface area contributed by atoms with E-state index >= 15 is 0 Å². The zero-order valence-corrected chi connectivity index (χ0v) is 20.4. The van der Waals surface area contributed by atoms with Crippen LogP contribution in [0, 0.1) is 0 Å². The maximum Gasteiger partial charge on any atom is 0.246 e. The van der Waals surface area contributed by atoms with Gasteiger partial charge < -0.3 is 19.0 Å². The second-order valence-corrected chi connectivity index (χ2v) is 9.69. The molecule has 3 rings (SSSR count). The Morgan fingerprint density at radius 2 is 2.03 bits per heavy atom. The summed E-state index contributed by atoms with van der Waals surface area (Å²) in [6.07, 6.45) is 3.16. The molecular formula is C21H27N5O5S2. The van der Waals surface area contributed by atoms with Crippen molar-refractivity contribution in [2.45, 2.75) is 37.4 Å². The van der Waals surface area contributed by atoms with Gasteiger partial charge in [0, 0.05) is 18.8 Å². The topological polar surface area (TPSA) is 120 Å². The summed E-state index contributed by atoms with van der Waals surface area (Å²) in [5, 5.41) is 11.3. The van der Waals surface area contributed by atoms with Crippen LogP contribution in [0.25, 0.3) is 0 Å². The summed E-state index contributed by atoms with van der Waals surface area (Å²) in [7, 11) is -3.77. The molecule has 33 heavy (non-hydrogen) atoms. The number of carbonyl (C=O) groups is 1. The number of sulfonamides is 1. The van der Waals surface area contributed by atoms with Crippen LogP contribution in [-0.2, 0) is 21.4 Å². The number of nitrogens with one attached hydrogen (secondary N) is 1. The normalized spacial score (nSPS) is 11.6. The summed E-state index contributed by atoms with van der Waals surface area (Å²) in [4.78, 5) is 12.6. The molecule has 0 spiro atoms. The maximum atomic E-state index is 13.1. The van der Waals surface area contributed by atoms with Crippen molar-refractivity contribution in [3.8, 4) is 5.75 Å². The minimum absolute atomic E-state index is 0.0247. The van der Waals surface area contributed by atoms with E-state index in [0.29, 0.717) is 37.1 Å². The number of furan rings is 1. The summed E-state index contributed by atoms with van der Waals surface area (Å²) >= 11 is 1.22. The van der Waals surface area contributed by atoms with Gasteiger partial charge in [-0.2, -0.15) is 4.31 Å². The van der Waals surface area contributed by atoms with Crippen molar-refractivity contribution in [1.29, 1.82) is 0 Å². The van der Waals surface area contributed by atoms with Gasteiger partial charge in [0.25, 0.3) is 0 Å². The van der Waals surface area contributed by atoms with Crippen molar-refractivity contribution < 1.29 is 22.4 Å². The first-order valence-electron chi connectivity index (χ1n) is 10.5. The Balaban J connectivity index is 1.71. The maximum absolute atomic E-state index is 13.1. The van der Waals surface area contributed by atoms with Gasteiger partial charge in [-0.3, -0.25) is 4.79 Å². The summed E-state index contributed by atoms with van der Waals surface area (Å²) in [5.41, 5.74) is 0.367. The number of nitrogens with zero attached hydrogens (tertiary/aromatic N) is 4. The summed E-state index contributed by atoms with van der Waals surface area (Å²) in [6.45, 7) is 6.76. The fraction of sp³-hybridized carbons (Fsp3) is 0.381. The van der Waals surface area contributed by atoms with Crippen LogP contribution >= 0.6 is 11.8 Å². The lowest BCUT2D eigenvalue weighted by Crippen LogP contribution is -2.31. The Labute approximate surface area is 197 Å². The third-order valence-corrected chi connectivity index (χ3v) is 7.72. The molecule has 2 heterocycles. The molecule has 0 saturated heterocycles. The smallest absolute Gasteiger partial charge is 0.246 e. The predicted molar refractivity (Wildman–Crippen MR) is 125 cm³/mol. The Morgan fingerprint density at radius 1 is 1.24 bits per heavy atom. The summed E-state index contributed by atoms with van der Waals surface area (Å²) in [5.74, 6) is 0.769. The number of ether oxygens (including phenoxy) is 1. The second-order valence-electron chi connectivity index (χ2n) is 6.84. The molecule has 1 amide bonds. The monoisotopic (exact) mass is 493 g/mol. The molecule has 0 aliphatic rings. The summed E-state index contributed by atoms with van der Waals surface area (Å²) < 4.78 is 40.2. The highest BCUT2D eigenvalue weighted by atomic mass is 32.2. The third-order valence-electron chi connectivity index (χ3n) is 4.67. The van der Waals surface area contributed by atoms with Crippen molar-refractivity contribution in [1.82, 2.24) is 19.1 Å². The van der Waals surface area contributed by atoms with Crippen LogP contribution in [0.4, 0.5) is 5.69 Å². The van der Waals surface area contributed by atoms with Crippen LogP contribution in [0.15, 0.2) is 57.4 Å². The van der Waals surface area contributed by atoms with Crippen molar-refractivity contribution in [2.24, 2.45) is 0 Å². The van der Waals surface area contributed by atoms with Gasteiger partial charge in [-0.15, -0.1) is 10.2 Å². The average Bonchev–Trinajstić information content (AvgIpc) is 3.46. The van der Waals surface area contributed by atoms with Crippen LogP contribution in [-0.4, -0.2) is 58.8 Å². The van der Waals surface area contributed by atoms with Crippen molar-refractivity contribution in [3.05, 3.63) is 48.7 Å². The molecule has 3 aromatic rings. The Hall–Kier alpha value is -2.83. The number of rotatable bonds is 12. The Kier molecular flexibility index (Phi) is 8.53. The van der Waals surface area contributed by atoms with Crippen molar-refractivity contribution >= 4 is 33.4 Å². The van der Waals surface area contributed by atoms with Crippen LogP contribution in [0.1, 0.15) is 26.5 Å². The minimum Gasteiger partial charge on any atom is -0.492 e. The first kappa shape index (κ1) is 24.8. The van der Waals surface area contributed by atoms with Gasteiger partial charge >= 0.3 is 0 Å². The molecule has 1 N–H and O–H groups in total. The van der Waals surface area contributed by atoms with E-state index in [1.54, 1.807) is 56.1 Å². The molecule has 0 atom stereocenters. The molecule has 178 valence electrons. The van der Waals surface area contributed by atoms with Crippen LogP contribution < -0.4 is 10.1 Å². The minimum atomic E-state index is -3.77. The molecule has 0 aliphatic heterocycles. The van der Waals surface area contributed by atoms with Crippen LogP contribution in [0.5, 0.6) is 5.75 Å². The molecule has 0 bridgehead atoms. The van der Waals surface area contributed by atoms with E-state index in [9.17, 15) is 13.2 Å². The largest absolute Gasteiger partial charge is 0.492 e. The van der Waals surface area contributed by atoms with Gasteiger partial charge in [0.1, 0.15) is 22.7 Å². The zero-order chi connectivity index (χ0) is 23.8. The lowest BCUT2D eigenvalue weighted by molar-refractivity contribution is -0.113. The van der Waals surface area contributed by atoms with Crippen LogP contribution in [0.2, 0.25) is 0 Å². The van der Waals surface area contributed by atoms with E-state index in [0.717, 1.165) is 5.76 Å². The first-order valence-corrected chi connectivity index (χ1v) is 12.9. The van der Waals surface area contributed by atoms with Gasteiger partial charge in [0.15, 0.2) is 5.16 Å². The van der Waals surface area contributed by atoms with E-state index in [4.69, 9.17) is 9.15 Å². The number of thioether (sulfide) groups is 1. The van der Waals surface area contributed by atoms with Gasteiger partial charge in [0.05, 0.1) is 25.2 Å². The number of amides is 1. The lowest BCUT2D eigenvalue weighted by Gasteiger charge is -2.21. The predicted octanol–water partition coefficient (Wildman–Crippen LogP) is 3.08. The molecule has 0 saturated carbocycles. The average molecular weight is 494 g/mol. The molecular weight excluding hydrogens is 466 g/mol. The Morgan fingerprint density at radius 3 is 2.70 bits per heavy atom. The highest BCUT2D eigenvalue weighted by molar-refractivity contribution is 7.99. The highest BCUT2D eigenvalue weighted by Gasteiger charge is 2.26. The number of anilines is 1. The highest BCUT2D eigenvalue weighted by Crippen LogP contribution is 2.30. The fourth-order valence-corrected chi connectivity index (χ4v) is 5.46. The van der Waals surface area contributed by atoms with Gasteiger partial charge in [0.2, 0.25) is 15.9 Å². The number of benzene rings is 1. The van der Waals surface area contributed by atoms with Gasteiger partial charge in [-0.1, -0.05) is 25.6 Å². The molecule has 1 aromatic carbocycles. The quantitative estimate of drug-likeness (QED) is 0.382. The lowest BCUT2D eigenvalue weighted by atomic mass is 10.3. The molecule has 0 radical (unpaired) electrons. The molecule has 0 aliphatic carbocycles. The van der Waals surface area contributed by atoms with E-state index < -0.39 is 10.0 Å². The SMILES string of the molecule is CCOc1ccc(NC(=O)CSc2nncn2Cc2ccco2)cc1S(=O)(=O)N(CC)CC. The number of hydrogen-bond acceptors (Lipinski definition) is 8. The van der Waals surface area contributed by atoms with Crippen molar-refractivity contribution in [2.75, 3.05) is 30.8 Å². The van der Waals surface area contributed by atoms with E-state index in [1.165, 1.54) is 22.1 Å². The molecule has 2 aromatic heterocycles. The molecule has 10 nitrogen and oxygen atoms in total. The second kappa shape index (κ2) is 11.3. The molecule has 0 fully saturated rings. The third kappa shape index (κ3) is 6.15. The first-order chi connectivity index (χ1) is 15.9. The van der Waals surface area contributed by atoms with Gasteiger partial charge in [-0.05, 0) is 37.3 Å². The standard InChI is InChI=1S/C21H27N5O5S2/c1-4-26(5-2)33(28,29)19-12-16(9-10-18(19)30-6-3)23-20(27)14-32-21-24-22-15-25(21)13-17-8-7-11-31-17/h7-12,15H,4-6,13-14H2,1-3H3,(H,23,27). The zero-order valence-electron chi connectivity index (χ0n) is 18.7. The van der Waals surface area contributed by atoms with Gasteiger partial charge in [-0.25, -0.2) is 8.42 Å². The van der Waals surface area contributed by atoms with E-state index in [2.05, 4.69) is 15.5 Å². The van der Waals surface area contributed by atoms with E-state index in [-0.39, 0.29) is 22.3 Å². The fourth-order valence-electron chi connectivity index (χ4n) is 3.13. The van der Waals surface area contributed by atoms with Crippen molar-refractivity contribution in [3.63, 3.8) is 0 Å². The number of hydrogen-bond donors (Lipinski definition) is 1. The Bertz CT molecular complexity index is 1160. The molecule has 0 unspecified atom stereocenters. The number of carbonyl (C=O) groups excluding carboxylic acids is 1. The molecule has 12 heteroatoms. The summed E-state index contributed by atoms with van der Waals surface area (Å²) in [6, 6.07) is 8.25. The van der Waals surface area contributed by atoms with Crippen LogP contribution in [0.3, 0.4) is 0 Å². The van der Waals surface area contributed by atoms with E-state index in [1.807, 2.05) is 6.07 Å². The number of aromatic nitrogens is 3.